The van der Waals surface area contributed by atoms with Crippen LogP contribution >= 0.6 is 0 Å². The van der Waals surface area contributed by atoms with Gasteiger partial charge < -0.3 is 14.0 Å². The second-order valence-electron chi connectivity index (χ2n) is 6.42. The van der Waals surface area contributed by atoms with Gasteiger partial charge in [-0.15, -0.1) is 0 Å². The van der Waals surface area contributed by atoms with Gasteiger partial charge in [-0.05, 0) is 38.1 Å². The number of benzene rings is 1. The van der Waals surface area contributed by atoms with Gasteiger partial charge in [0.2, 0.25) is 10.0 Å². The van der Waals surface area contributed by atoms with Crippen LogP contribution in [0.25, 0.3) is 0 Å². The van der Waals surface area contributed by atoms with Gasteiger partial charge in [-0.25, -0.2) is 8.42 Å². The molecule has 0 N–H and O–H groups in total. The summed E-state index contributed by atoms with van der Waals surface area (Å²) in [6.45, 7) is 6.76. The van der Waals surface area contributed by atoms with Crippen molar-refractivity contribution < 1.29 is 22.4 Å². The van der Waals surface area contributed by atoms with E-state index in [1.165, 1.54) is 4.31 Å². The van der Waals surface area contributed by atoms with Crippen molar-refractivity contribution in [1.82, 2.24) is 14.4 Å². The molecule has 0 aliphatic carbocycles. The Kier molecular flexibility index (Phi) is 6.03. The van der Waals surface area contributed by atoms with Gasteiger partial charge in [-0.2, -0.15) is 4.31 Å². The summed E-state index contributed by atoms with van der Waals surface area (Å²) >= 11 is 0. The van der Waals surface area contributed by atoms with Gasteiger partial charge in [-0.1, -0.05) is 5.16 Å². The smallest absolute Gasteiger partial charge is 0.248 e. The van der Waals surface area contributed by atoms with Crippen LogP contribution in [-0.4, -0.2) is 69.2 Å². The number of aromatic nitrogens is 1. The molecule has 0 atom stereocenters. The van der Waals surface area contributed by atoms with E-state index in [4.69, 9.17) is 14.0 Å². The number of sulfonamides is 1. The van der Waals surface area contributed by atoms with Gasteiger partial charge in [0.15, 0.2) is 5.76 Å². The standard InChI is InChI=1S/C18H25N3O5S/c1-14-18(15(2)26-19-14)27(22,23)21-10-8-20(9-11-21)12-13-25-17-6-4-16(24-3)5-7-17/h4-7H,8-13H2,1-3H3. The molecule has 0 unspecified atom stereocenters. The number of hydrogen-bond acceptors (Lipinski definition) is 7. The largest absolute Gasteiger partial charge is 0.497 e. The molecule has 1 aliphatic rings. The Hall–Kier alpha value is -2.10. The Labute approximate surface area is 159 Å². The Bertz CT molecular complexity index is 836. The number of piperazine rings is 1. The summed E-state index contributed by atoms with van der Waals surface area (Å²) in [5, 5.41) is 3.76. The zero-order chi connectivity index (χ0) is 19.4. The predicted molar refractivity (Wildman–Crippen MR) is 99.7 cm³/mol. The van der Waals surface area contributed by atoms with Crippen molar-refractivity contribution >= 4 is 10.0 Å². The van der Waals surface area contributed by atoms with Crippen LogP contribution in [0.4, 0.5) is 0 Å². The average Bonchev–Trinajstić information content (AvgIpc) is 3.02. The fourth-order valence-corrected chi connectivity index (χ4v) is 4.84. The van der Waals surface area contributed by atoms with E-state index < -0.39 is 10.0 Å². The molecule has 1 aromatic carbocycles. The van der Waals surface area contributed by atoms with E-state index in [1.807, 2.05) is 24.3 Å². The van der Waals surface area contributed by atoms with Crippen LogP contribution in [0.15, 0.2) is 33.7 Å². The van der Waals surface area contributed by atoms with Gasteiger partial charge in [0.05, 0.1) is 7.11 Å². The van der Waals surface area contributed by atoms with Crippen LogP contribution in [0.1, 0.15) is 11.5 Å². The molecule has 27 heavy (non-hydrogen) atoms. The number of ether oxygens (including phenoxy) is 2. The summed E-state index contributed by atoms with van der Waals surface area (Å²) in [6.07, 6.45) is 0. The van der Waals surface area contributed by atoms with Crippen molar-refractivity contribution in [1.29, 1.82) is 0 Å². The van der Waals surface area contributed by atoms with E-state index in [-0.39, 0.29) is 4.90 Å². The van der Waals surface area contributed by atoms with Gasteiger partial charge in [0.1, 0.15) is 28.7 Å². The van der Waals surface area contributed by atoms with E-state index in [1.54, 1.807) is 21.0 Å². The summed E-state index contributed by atoms with van der Waals surface area (Å²) in [6, 6.07) is 7.45. The molecule has 0 saturated carbocycles. The quantitative estimate of drug-likeness (QED) is 0.705. The number of rotatable bonds is 7. The molecule has 0 spiro atoms. The highest BCUT2D eigenvalue weighted by Gasteiger charge is 2.33. The Balaban J connectivity index is 1.48. The number of hydrogen-bond donors (Lipinski definition) is 0. The highest BCUT2D eigenvalue weighted by molar-refractivity contribution is 7.89. The SMILES string of the molecule is COc1ccc(OCCN2CCN(S(=O)(=O)c3c(C)noc3C)CC2)cc1. The lowest BCUT2D eigenvalue weighted by molar-refractivity contribution is 0.158. The van der Waals surface area contributed by atoms with E-state index in [2.05, 4.69) is 10.1 Å². The van der Waals surface area contributed by atoms with Crippen LogP contribution < -0.4 is 9.47 Å². The molecule has 1 aliphatic heterocycles. The average molecular weight is 395 g/mol. The maximum Gasteiger partial charge on any atom is 0.248 e. The monoisotopic (exact) mass is 395 g/mol. The Morgan fingerprint density at radius 2 is 1.70 bits per heavy atom. The van der Waals surface area contributed by atoms with E-state index in [0.29, 0.717) is 44.2 Å². The first-order chi connectivity index (χ1) is 12.9. The third-order valence-electron chi connectivity index (χ3n) is 4.63. The second-order valence-corrected chi connectivity index (χ2v) is 8.30. The topological polar surface area (TPSA) is 85.1 Å². The lowest BCUT2D eigenvalue weighted by atomic mass is 10.3. The van der Waals surface area contributed by atoms with Gasteiger partial charge >= 0.3 is 0 Å². The molecule has 2 aromatic rings. The van der Waals surface area contributed by atoms with Crippen LogP contribution in [0.3, 0.4) is 0 Å². The molecule has 148 valence electrons. The normalized spacial score (nSPS) is 16.4. The third kappa shape index (κ3) is 4.42. The summed E-state index contributed by atoms with van der Waals surface area (Å²) in [5.74, 6) is 1.91. The lowest BCUT2D eigenvalue weighted by Crippen LogP contribution is -2.49. The summed E-state index contributed by atoms with van der Waals surface area (Å²) in [5.41, 5.74) is 0.405. The van der Waals surface area contributed by atoms with Gasteiger partial charge in [0, 0.05) is 32.7 Å². The minimum absolute atomic E-state index is 0.193. The molecule has 0 bridgehead atoms. The van der Waals surface area contributed by atoms with E-state index in [9.17, 15) is 8.42 Å². The molecule has 2 heterocycles. The third-order valence-corrected chi connectivity index (χ3v) is 6.78. The molecule has 0 amide bonds. The summed E-state index contributed by atoms with van der Waals surface area (Å²) in [4.78, 5) is 2.39. The molecular weight excluding hydrogens is 370 g/mol. The maximum atomic E-state index is 12.8. The van der Waals surface area contributed by atoms with Gasteiger partial charge in [0.25, 0.3) is 0 Å². The van der Waals surface area contributed by atoms with Crippen molar-refractivity contribution in [2.45, 2.75) is 18.7 Å². The molecule has 0 radical (unpaired) electrons. The van der Waals surface area contributed by atoms with Crippen molar-refractivity contribution in [2.75, 3.05) is 46.4 Å². The van der Waals surface area contributed by atoms with Crippen molar-refractivity contribution in [2.24, 2.45) is 0 Å². The first kappa shape index (κ1) is 19.7. The molecule has 1 fully saturated rings. The minimum atomic E-state index is -3.57. The Morgan fingerprint density at radius 3 is 2.26 bits per heavy atom. The Morgan fingerprint density at radius 1 is 1.07 bits per heavy atom. The number of methoxy groups -OCH3 is 1. The second kappa shape index (κ2) is 8.28. The zero-order valence-corrected chi connectivity index (χ0v) is 16.7. The van der Waals surface area contributed by atoms with Crippen LogP contribution in [0.2, 0.25) is 0 Å². The fourth-order valence-electron chi connectivity index (χ4n) is 3.13. The molecular formula is C18H25N3O5S. The van der Waals surface area contributed by atoms with Crippen molar-refractivity contribution in [3.05, 3.63) is 35.7 Å². The first-order valence-electron chi connectivity index (χ1n) is 8.84. The van der Waals surface area contributed by atoms with E-state index >= 15 is 0 Å². The zero-order valence-electron chi connectivity index (χ0n) is 15.8. The molecule has 1 aromatic heterocycles. The summed E-state index contributed by atoms with van der Waals surface area (Å²) in [7, 11) is -1.94. The van der Waals surface area contributed by atoms with Crippen molar-refractivity contribution in [3.63, 3.8) is 0 Å². The fraction of sp³-hybridized carbons (Fsp3) is 0.500. The highest BCUT2D eigenvalue weighted by Crippen LogP contribution is 2.24. The van der Waals surface area contributed by atoms with E-state index in [0.717, 1.165) is 18.0 Å². The van der Waals surface area contributed by atoms with Crippen LogP contribution in [0.5, 0.6) is 11.5 Å². The molecule has 9 heteroatoms. The number of aryl methyl sites for hydroxylation is 2. The highest BCUT2D eigenvalue weighted by atomic mass is 32.2. The first-order valence-corrected chi connectivity index (χ1v) is 10.3. The summed E-state index contributed by atoms with van der Waals surface area (Å²) < 4.78 is 43.0. The maximum absolute atomic E-state index is 12.8. The lowest BCUT2D eigenvalue weighted by Gasteiger charge is -2.33. The van der Waals surface area contributed by atoms with Crippen molar-refractivity contribution in [3.8, 4) is 11.5 Å². The van der Waals surface area contributed by atoms with Crippen LogP contribution in [0, 0.1) is 13.8 Å². The minimum Gasteiger partial charge on any atom is -0.497 e. The number of nitrogens with zero attached hydrogens (tertiary/aromatic N) is 3. The van der Waals surface area contributed by atoms with Crippen LogP contribution in [-0.2, 0) is 10.0 Å². The molecule has 1 saturated heterocycles. The molecule has 8 nitrogen and oxygen atoms in total. The van der Waals surface area contributed by atoms with Gasteiger partial charge in [-0.3, -0.25) is 4.90 Å². The predicted octanol–water partition coefficient (Wildman–Crippen LogP) is 1.69. The molecule has 3 rings (SSSR count).